The van der Waals surface area contributed by atoms with Gasteiger partial charge in [0.15, 0.2) is 5.79 Å². The van der Waals surface area contributed by atoms with E-state index in [1.54, 1.807) is 0 Å². The fourth-order valence-electron chi connectivity index (χ4n) is 2.39. The van der Waals surface area contributed by atoms with Gasteiger partial charge in [-0.25, -0.2) is 0 Å². The first-order valence-corrected chi connectivity index (χ1v) is 5.32. The highest BCUT2D eigenvalue weighted by atomic mass is 16.7. The summed E-state index contributed by atoms with van der Waals surface area (Å²) in [6.45, 7) is 3.82. The summed E-state index contributed by atoms with van der Waals surface area (Å²) in [5, 5.41) is 8.90. The van der Waals surface area contributed by atoms with Gasteiger partial charge in [0, 0.05) is 19.4 Å². The van der Waals surface area contributed by atoms with E-state index >= 15 is 0 Å². The number of hydrogen-bond donors (Lipinski definition) is 1. The molecule has 14 heavy (non-hydrogen) atoms. The SMILES string of the molecule is CC1=C(CCO)CCC2(C1)OCCO2. The summed E-state index contributed by atoms with van der Waals surface area (Å²) < 4.78 is 11.3. The van der Waals surface area contributed by atoms with E-state index in [2.05, 4.69) is 6.92 Å². The number of ether oxygens (including phenoxy) is 2. The second-order valence-corrected chi connectivity index (χ2v) is 4.14. The molecule has 2 aliphatic rings. The van der Waals surface area contributed by atoms with Crippen LogP contribution in [0.2, 0.25) is 0 Å². The van der Waals surface area contributed by atoms with E-state index in [0.717, 1.165) is 38.9 Å². The minimum atomic E-state index is -0.316. The minimum absolute atomic E-state index is 0.251. The van der Waals surface area contributed by atoms with E-state index in [1.165, 1.54) is 11.1 Å². The van der Waals surface area contributed by atoms with Gasteiger partial charge in [-0.1, -0.05) is 11.1 Å². The highest BCUT2D eigenvalue weighted by Gasteiger charge is 2.39. The van der Waals surface area contributed by atoms with Gasteiger partial charge in [0.1, 0.15) is 0 Å². The summed E-state index contributed by atoms with van der Waals surface area (Å²) in [5.74, 6) is -0.316. The normalized spacial score (nSPS) is 26.1. The van der Waals surface area contributed by atoms with Crippen LogP contribution >= 0.6 is 0 Å². The molecule has 1 fully saturated rings. The summed E-state index contributed by atoms with van der Waals surface area (Å²) in [7, 11) is 0. The molecule has 0 aromatic carbocycles. The first-order chi connectivity index (χ1) is 6.76. The van der Waals surface area contributed by atoms with Crippen LogP contribution in [0.1, 0.15) is 32.6 Å². The summed E-state index contributed by atoms with van der Waals surface area (Å²) in [6, 6.07) is 0. The molecule has 3 nitrogen and oxygen atoms in total. The summed E-state index contributed by atoms with van der Waals surface area (Å²) in [6.07, 6.45) is 3.64. The molecule has 1 N–H and O–H groups in total. The molecule has 0 radical (unpaired) electrons. The Morgan fingerprint density at radius 2 is 2.07 bits per heavy atom. The molecule has 1 spiro atoms. The van der Waals surface area contributed by atoms with Gasteiger partial charge in [0.25, 0.3) is 0 Å². The molecule has 0 saturated carbocycles. The van der Waals surface area contributed by atoms with Crippen LogP contribution in [0.15, 0.2) is 11.1 Å². The lowest BCUT2D eigenvalue weighted by Crippen LogP contribution is -2.33. The maximum absolute atomic E-state index is 8.90. The Hall–Kier alpha value is -0.380. The molecule has 0 unspecified atom stereocenters. The number of aliphatic hydroxyl groups excluding tert-OH is 1. The predicted molar refractivity (Wildman–Crippen MR) is 52.9 cm³/mol. The van der Waals surface area contributed by atoms with E-state index in [9.17, 15) is 0 Å². The Labute approximate surface area is 84.7 Å². The quantitative estimate of drug-likeness (QED) is 0.685. The van der Waals surface area contributed by atoms with E-state index in [1.807, 2.05) is 0 Å². The van der Waals surface area contributed by atoms with E-state index in [4.69, 9.17) is 14.6 Å². The van der Waals surface area contributed by atoms with Crippen molar-refractivity contribution in [3.63, 3.8) is 0 Å². The second-order valence-electron chi connectivity index (χ2n) is 4.14. The molecular weight excluding hydrogens is 180 g/mol. The van der Waals surface area contributed by atoms with Crippen molar-refractivity contribution in [1.82, 2.24) is 0 Å². The molecule has 0 aromatic heterocycles. The van der Waals surface area contributed by atoms with Crippen LogP contribution < -0.4 is 0 Å². The fourth-order valence-corrected chi connectivity index (χ4v) is 2.39. The molecule has 0 atom stereocenters. The lowest BCUT2D eigenvalue weighted by molar-refractivity contribution is -0.163. The van der Waals surface area contributed by atoms with Gasteiger partial charge >= 0.3 is 0 Å². The van der Waals surface area contributed by atoms with Crippen molar-refractivity contribution in [2.75, 3.05) is 19.8 Å². The van der Waals surface area contributed by atoms with Crippen LogP contribution in [0.4, 0.5) is 0 Å². The van der Waals surface area contributed by atoms with E-state index in [0.29, 0.717) is 0 Å². The average Bonchev–Trinajstić information content (AvgIpc) is 2.59. The van der Waals surface area contributed by atoms with E-state index in [-0.39, 0.29) is 12.4 Å². The molecule has 0 amide bonds. The smallest absolute Gasteiger partial charge is 0.172 e. The van der Waals surface area contributed by atoms with Crippen LogP contribution in [0.3, 0.4) is 0 Å². The number of rotatable bonds is 2. The van der Waals surface area contributed by atoms with Gasteiger partial charge in [-0.05, 0) is 19.8 Å². The van der Waals surface area contributed by atoms with Crippen LogP contribution in [-0.4, -0.2) is 30.7 Å². The first kappa shape index (κ1) is 10.1. The highest BCUT2D eigenvalue weighted by Crippen LogP contribution is 2.39. The topological polar surface area (TPSA) is 38.7 Å². The zero-order chi connectivity index (χ0) is 10.0. The Balaban J connectivity index is 2.05. The average molecular weight is 198 g/mol. The van der Waals surface area contributed by atoms with Gasteiger partial charge in [-0.3, -0.25) is 0 Å². The summed E-state index contributed by atoms with van der Waals surface area (Å²) in [4.78, 5) is 0. The van der Waals surface area contributed by atoms with Crippen molar-refractivity contribution in [1.29, 1.82) is 0 Å². The standard InChI is InChI=1S/C11H18O3/c1-9-8-11(13-6-7-14-11)4-2-10(9)3-5-12/h12H,2-8H2,1H3. The van der Waals surface area contributed by atoms with Gasteiger partial charge in [-0.15, -0.1) is 0 Å². The molecule has 1 heterocycles. The Morgan fingerprint density at radius 1 is 1.36 bits per heavy atom. The molecule has 3 heteroatoms. The third kappa shape index (κ3) is 1.85. The lowest BCUT2D eigenvalue weighted by Gasteiger charge is -2.33. The Morgan fingerprint density at radius 3 is 2.64 bits per heavy atom. The van der Waals surface area contributed by atoms with Crippen molar-refractivity contribution in [3.05, 3.63) is 11.1 Å². The predicted octanol–water partition coefficient (Wildman–Crippen LogP) is 1.61. The third-order valence-corrected chi connectivity index (χ3v) is 3.17. The van der Waals surface area contributed by atoms with Crippen molar-refractivity contribution in [3.8, 4) is 0 Å². The van der Waals surface area contributed by atoms with Gasteiger partial charge in [0.05, 0.1) is 13.2 Å². The van der Waals surface area contributed by atoms with Crippen molar-refractivity contribution in [2.45, 2.75) is 38.4 Å². The molecule has 1 saturated heterocycles. The lowest BCUT2D eigenvalue weighted by atomic mass is 9.87. The second kappa shape index (κ2) is 4.01. The zero-order valence-corrected chi connectivity index (χ0v) is 8.71. The largest absolute Gasteiger partial charge is 0.396 e. The molecule has 2 rings (SSSR count). The molecule has 0 aromatic rings. The number of hydrogen-bond acceptors (Lipinski definition) is 3. The molecular formula is C11H18O3. The highest BCUT2D eigenvalue weighted by molar-refractivity contribution is 5.18. The van der Waals surface area contributed by atoms with Crippen LogP contribution in [0, 0.1) is 0 Å². The first-order valence-electron chi connectivity index (χ1n) is 5.32. The summed E-state index contributed by atoms with van der Waals surface area (Å²) in [5.41, 5.74) is 2.73. The molecule has 80 valence electrons. The monoisotopic (exact) mass is 198 g/mol. The van der Waals surface area contributed by atoms with E-state index < -0.39 is 0 Å². The number of aliphatic hydroxyl groups is 1. The van der Waals surface area contributed by atoms with Crippen LogP contribution in [0.25, 0.3) is 0 Å². The summed E-state index contributed by atoms with van der Waals surface area (Å²) >= 11 is 0. The van der Waals surface area contributed by atoms with Gasteiger partial charge < -0.3 is 14.6 Å². The van der Waals surface area contributed by atoms with Crippen LogP contribution in [-0.2, 0) is 9.47 Å². The van der Waals surface area contributed by atoms with Crippen molar-refractivity contribution < 1.29 is 14.6 Å². The third-order valence-electron chi connectivity index (χ3n) is 3.17. The zero-order valence-electron chi connectivity index (χ0n) is 8.71. The maximum atomic E-state index is 8.90. The Kier molecular flexibility index (Phi) is 2.91. The van der Waals surface area contributed by atoms with Crippen LogP contribution in [0.5, 0.6) is 0 Å². The van der Waals surface area contributed by atoms with Gasteiger partial charge in [0.2, 0.25) is 0 Å². The molecule has 0 bridgehead atoms. The minimum Gasteiger partial charge on any atom is -0.396 e. The van der Waals surface area contributed by atoms with Crippen molar-refractivity contribution in [2.24, 2.45) is 0 Å². The maximum Gasteiger partial charge on any atom is 0.172 e. The molecule has 1 aliphatic heterocycles. The van der Waals surface area contributed by atoms with Gasteiger partial charge in [-0.2, -0.15) is 0 Å². The fraction of sp³-hybridized carbons (Fsp3) is 0.818. The molecule has 1 aliphatic carbocycles. The Bertz CT molecular complexity index is 239. The van der Waals surface area contributed by atoms with Crippen molar-refractivity contribution >= 4 is 0 Å².